The van der Waals surface area contributed by atoms with E-state index in [1.165, 1.54) is 12.4 Å². The molecule has 1 aromatic carbocycles. The molecule has 3 aromatic heterocycles. The van der Waals surface area contributed by atoms with Gasteiger partial charge in [-0.25, -0.2) is 14.4 Å². The van der Waals surface area contributed by atoms with Crippen molar-refractivity contribution >= 4 is 22.4 Å². The smallest absolute Gasteiger partial charge is 0.149 e. The molecule has 0 atom stereocenters. The van der Waals surface area contributed by atoms with Gasteiger partial charge in [0.15, 0.2) is 0 Å². The van der Waals surface area contributed by atoms with Crippen LogP contribution in [-0.4, -0.2) is 24.7 Å². The van der Waals surface area contributed by atoms with Crippen LogP contribution in [0.4, 0.5) is 15.9 Å². The van der Waals surface area contributed by atoms with E-state index in [2.05, 4.69) is 25.4 Å². The van der Waals surface area contributed by atoms with Gasteiger partial charge in [0, 0.05) is 17.8 Å². The maximum absolute atomic E-state index is 13.8. The Morgan fingerprint density at radius 3 is 2.88 bits per heavy atom. The molecule has 3 heterocycles. The number of nitrogens with zero attached hydrogens (tertiary/aromatic N) is 5. The number of nitrogens with one attached hydrogen (secondary N) is 1. The Bertz CT molecular complexity index is 983. The summed E-state index contributed by atoms with van der Waals surface area (Å²) in [4.78, 5) is 12.5. The summed E-state index contributed by atoms with van der Waals surface area (Å²) < 4.78 is 15.6. The lowest BCUT2D eigenvalue weighted by Gasteiger charge is -2.06. The van der Waals surface area contributed by atoms with Crippen LogP contribution in [0, 0.1) is 5.82 Å². The average molecular weight is 320 g/mol. The molecule has 0 spiro atoms. The first kappa shape index (κ1) is 14.3. The van der Waals surface area contributed by atoms with E-state index >= 15 is 0 Å². The topological polar surface area (TPSA) is 68.5 Å². The number of rotatable bonds is 4. The maximum atomic E-state index is 13.8. The standard InChI is InChI=1S/C17H13FN6/c18-15-6-3-5-14-16(15)20-11-21-17(14)23-13-8-22-24(10-13)9-12-4-1-2-7-19-12/h1-8,10-11H,9H2,(H,20,21,23). The molecule has 0 saturated carbocycles. The number of halogens is 1. The predicted molar refractivity (Wildman–Crippen MR) is 88.3 cm³/mol. The van der Waals surface area contributed by atoms with E-state index < -0.39 is 0 Å². The number of hydrogen-bond donors (Lipinski definition) is 1. The number of benzene rings is 1. The predicted octanol–water partition coefficient (Wildman–Crippen LogP) is 3.15. The number of pyridine rings is 1. The van der Waals surface area contributed by atoms with E-state index in [0.29, 0.717) is 17.7 Å². The summed E-state index contributed by atoms with van der Waals surface area (Å²) in [5.41, 5.74) is 1.97. The molecule has 7 heteroatoms. The first-order valence-corrected chi connectivity index (χ1v) is 7.38. The highest BCUT2D eigenvalue weighted by Crippen LogP contribution is 2.24. The van der Waals surface area contributed by atoms with Crippen molar-refractivity contribution < 1.29 is 4.39 Å². The Balaban J connectivity index is 1.60. The van der Waals surface area contributed by atoms with E-state index in [9.17, 15) is 4.39 Å². The van der Waals surface area contributed by atoms with Gasteiger partial charge in [-0.05, 0) is 24.3 Å². The van der Waals surface area contributed by atoms with Gasteiger partial charge in [0.05, 0.1) is 24.1 Å². The second kappa shape index (κ2) is 6.04. The van der Waals surface area contributed by atoms with Crippen LogP contribution in [0.15, 0.2) is 61.3 Å². The first-order valence-electron chi connectivity index (χ1n) is 7.38. The molecule has 4 rings (SSSR count). The van der Waals surface area contributed by atoms with Crippen LogP contribution < -0.4 is 5.32 Å². The fourth-order valence-electron chi connectivity index (χ4n) is 2.46. The Morgan fingerprint density at radius 1 is 1.04 bits per heavy atom. The average Bonchev–Trinajstić information content (AvgIpc) is 3.04. The number of anilines is 2. The van der Waals surface area contributed by atoms with Crippen LogP contribution in [0.2, 0.25) is 0 Å². The van der Waals surface area contributed by atoms with Gasteiger partial charge in [0.1, 0.15) is 23.5 Å². The van der Waals surface area contributed by atoms with Crippen LogP contribution in [-0.2, 0) is 6.54 Å². The molecule has 4 aromatic rings. The number of para-hydroxylation sites is 1. The fourth-order valence-corrected chi connectivity index (χ4v) is 2.46. The zero-order chi connectivity index (χ0) is 16.4. The molecule has 0 radical (unpaired) electrons. The summed E-state index contributed by atoms with van der Waals surface area (Å²) in [6, 6.07) is 10.5. The van der Waals surface area contributed by atoms with Crippen LogP contribution in [0.25, 0.3) is 10.9 Å². The molecule has 1 N–H and O–H groups in total. The molecule has 0 saturated heterocycles. The van der Waals surface area contributed by atoms with Crippen molar-refractivity contribution in [2.75, 3.05) is 5.32 Å². The monoisotopic (exact) mass is 320 g/mol. The lowest BCUT2D eigenvalue weighted by Crippen LogP contribution is -2.01. The zero-order valence-electron chi connectivity index (χ0n) is 12.6. The maximum Gasteiger partial charge on any atom is 0.149 e. The van der Waals surface area contributed by atoms with Gasteiger partial charge in [0.2, 0.25) is 0 Å². The highest BCUT2D eigenvalue weighted by molar-refractivity contribution is 5.90. The Labute approximate surface area is 137 Å². The van der Waals surface area contributed by atoms with Gasteiger partial charge in [-0.1, -0.05) is 12.1 Å². The van der Waals surface area contributed by atoms with E-state index in [1.807, 2.05) is 24.4 Å². The summed E-state index contributed by atoms with van der Waals surface area (Å²) in [6.45, 7) is 0.571. The molecule has 6 nitrogen and oxygen atoms in total. The number of aromatic nitrogens is 5. The van der Waals surface area contributed by atoms with Crippen molar-refractivity contribution in [3.05, 3.63) is 72.8 Å². The Morgan fingerprint density at radius 2 is 2.00 bits per heavy atom. The third kappa shape index (κ3) is 2.79. The van der Waals surface area contributed by atoms with Crippen LogP contribution >= 0.6 is 0 Å². The van der Waals surface area contributed by atoms with Crippen molar-refractivity contribution in [3.8, 4) is 0 Å². The number of hydrogen-bond acceptors (Lipinski definition) is 5. The minimum absolute atomic E-state index is 0.288. The van der Waals surface area contributed by atoms with Gasteiger partial charge >= 0.3 is 0 Å². The highest BCUT2D eigenvalue weighted by atomic mass is 19.1. The molecule has 0 aliphatic rings. The molecular formula is C17H13FN6. The van der Waals surface area contributed by atoms with Crippen molar-refractivity contribution in [1.82, 2.24) is 24.7 Å². The van der Waals surface area contributed by atoms with Crippen LogP contribution in [0.5, 0.6) is 0 Å². The summed E-state index contributed by atoms with van der Waals surface area (Å²) in [6.07, 6.45) is 6.63. The molecule has 0 unspecified atom stereocenters. The molecule has 0 bridgehead atoms. The second-order valence-corrected chi connectivity index (χ2v) is 5.23. The summed E-state index contributed by atoms with van der Waals surface area (Å²) in [5.74, 6) is 0.167. The molecule has 0 amide bonds. The van der Waals surface area contributed by atoms with E-state index in [-0.39, 0.29) is 11.3 Å². The Kier molecular flexibility index (Phi) is 3.59. The molecule has 118 valence electrons. The summed E-state index contributed by atoms with van der Waals surface area (Å²) in [7, 11) is 0. The fraction of sp³-hybridized carbons (Fsp3) is 0.0588. The minimum Gasteiger partial charge on any atom is -0.337 e. The van der Waals surface area contributed by atoms with Crippen molar-refractivity contribution in [2.45, 2.75) is 6.54 Å². The van der Waals surface area contributed by atoms with E-state index in [0.717, 1.165) is 11.4 Å². The van der Waals surface area contributed by atoms with Gasteiger partial charge < -0.3 is 5.32 Å². The largest absolute Gasteiger partial charge is 0.337 e. The van der Waals surface area contributed by atoms with E-state index in [4.69, 9.17) is 0 Å². The molecule has 24 heavy (non-hydrogen) atoms. The normalized spacial score (nSPS) is 10.9. The number of fused-ring (bicyclic) bond motifs is 1. The van der Waals surface area contributed by atoms with Crippen molar-refractivity contribution in [2.24, 2.45) is 0 Å². The van der Waals surface area contributed by atoms with Crippen molar-refractivity contribution in [3.63, 3.8) is 0 Å². The van der Waals surface area contributed by atoms with Crippen molar-refractivity contribution in [1.29, 1.82) is 0 Å². The lowest BCUT2D eigenvalue weighted by atomic mass is 10.2. The summed E-state index contributed by atoms with van der Waals surface area (Å²) >= 11 is 0. The molecule has 0 fully saturated rings. The Hall–Kier alpha value is -3.35. The minimum atomic E-state index is -0.371. The first-order chi connectivity index (χ1) is 11.8. The highest BCUT2D eigenvalue weighted by Gasteiger charge is 2.08. The van der Waals surface area contributed by atoms with Gasteiger partial charge in [-0.15, -0.1) is 0 Å². The van der Waals surface area contributed by atoms with Crippen LogP contribution in [0.3, 0.4) is 0 Å². The van der Waals surface area contributed by atoms with E-state index in [1.54, 1.807) is 29.2 Å². The van der Waals surface area contributed by atoms with Crippen LogP contribution in [0.1, 0.15) is 5.69 Å². The third-order valence-electron chi connectivity index (χ3n) is 3.56. The third-order valence-corrected chi connectivity index (χ3v) is 3.56. The second-order valence-electron chi connectivity index (χ2n) is 5.23. The molecule has 0 aliphatic carbocycles. The molecule has 0 aliphatic heterocycles. The summed E-state index contributed by atoms with van der Waals surface area (Å²) in [5, 5.41) is 8.08. The van der Waals surface area contributed by atoms with Gasteiger partial charge in [-0.2, -0.15) is 5.10 Å². The quantitative estimate of drug-likeness (QED) is 0.625. The SMILES string of the molecule is Fc1cccc2c(Nc3cnn(Cc4ccccn4)c3)ncnc12. The zero-order valence-corrected chi connectivity index (χ0v) is 12.6. The molecular weight excluding hydrogens is 307 g/mol. The van der Waals surface area contributed by atoms with Gasteiger partial charge in [0.25, 0.3) is 0 Å². The van der Waals surface area contributed by atoms with Gasteiger partial charge in [-0.3, -0.25) is 9.67 Å². The lowest BCUT2D eigenvalue weighted by molar-refractivity contribution is 0.636.